The number of hydrogen-bond donors (Lipinski definition) is 1. The zero-order valence-corrected chi connectivity index (χ0v) is 9.76. The van der Waals surface area contributed by atoms with Crippen molar-refractivity contribution >= 4 is 0 Å². The molecule has 0 saturated heterocycles. The van der Waals surface area contributed by atoms with E-state index in [0.717, 1.165) is 6.92 Å². The van der Waals surface area contributed by atoms with Crippen molar-refractivity contribution in [1.82, 2.24) is 0 Å². The highest BCUT2D eigenvalue weighted by atomic mass is 19.4. The lowest BCUT2D eigenvalue weighted by Gasteiger charge is -2.28. The summed E-state index contributed by atoms with van der Waals surface area (Å²) in [4.78, 5) is 0. The second-order valence-electron chi connectivity index (χ2n) is 3.77. The molecule has 0 fully saturated rings. The zero-order valence-electron chi connectivity index (χ0n) is 9.76. The van der Waals surface area contributed by atoms with E-state index < -0.39 is 11.7 Å². The molecule has 6 heteroatoms. The number of benzene rings is 1. The van der Waals surface area contributed by atoms with Gasteiger partial charge >= 0.3 is 6.18 Å². The van der Waals surface area contributed by atoms with Crippen LogP contribution in [0, 0.1) is 0 Å². The van der Waals surface area contributed by atoms with Crippen molar-refractivity contribution in [2.75, 3.05) is 14.2 Å². The normalized spacial score (nSPS) is 15.2. The van der Waals surface area contributed by atoms with E-state index in [-0.39, 0.29) is 11.3 Å². The molecule has 0 aliphatic rings. The minimum atomic E-state index is -4.54. The number of rotatable bonds is 3. The fourth-order valence-electron chi connectivity index (χ4n) is 1.32. The average molecular weight is 249 g/mol. The fourth-order valence-corrected chi connectivity index (χ4v) is 1.32. The van der Waals surface area contributed by atoms with E-state index in [0.29, 0.717) is 5.75 Å². The van der Waals surface area contributed by atoms with Crippen LogP contribution in [0.4, 0.5) is 13.2 Å². The molecule has 1 unspecified atom stereocenters. The Hall–Kier alpha value is -1.43. The largest absolute Gasteiger partial charge is 0.493 e. The predicted octanol–water partition coefficient (Wildman–Crippen LogP) is 2.44. The average Bonchev–Trinajstić information content (AvgIpc) is 2.26. The van der Waals surface area contributed by atoms with Crippen molar-refractivity contribution in [3.8, 4) is 11.5 Å². The van der Waals surface area contributed by atoms with Crippen LogP contribution < -0.4 is 15.2 Å². The summed E-state index contributed by atoms with van der Waals surface area (Å²) < 4.78 is 48.1. The van der Waals surface area contributed by atoms with Crippen LogP contribution in [0.5, 0.6) is 11.5 Å². The maximum atomic E-state index is 12.7. The molecule has 0 heterocycles. The molecule has 0 aliphatic carbocycles. The number of ether oxygens (including phenoxy) is 2. The van der Waals surface area contributed by atoms with Gasteiger partial charge in [-0.05, 0) is 24.6 Å². The molecule has 3 nitrogen and oxygen atoms in total. The summed E-state index contributed by atoms with van der Waals surface area (Å²) >= 11 is 0. The van der Waals surface area contributed by atoms with Gasteiger partial charge in [-0.15, -0.1) is 0 Å². The SMILES string of the molecule is COc1ccc(C(C)(N)C(F)(F)F)cc1OC. The van der Waals surface area contributed by atoms with Crippen LogP contribution in [0.3, 0.4) is 0 Å². The maximum Gasteiger partial charge on any atom is 0.410 e. The van der Waals surface area contributed by atoms with E-state index in [1.807, 2.05) is 0 Å². The zero-order chi connectivity index (χ0) is 13.3. The van der Waals surface area contributed by atoms with Crippen molar-refractivity contribution in [3.05, 3.63) is 23.8 Å². The summed E-state index contributed by atoms with van der Waals surface area (Å²) in [5.41, 5.74) is 2.80. The molecule has 0 aromatic heterocycles. The van der Waals surface area contributed by atoms with Crippen molar-refractivity contribution < 1.29 is 22.6 Å². The maximum absolute atomic E-state index is 12.7. The Labute approximate surface area is 97.3 Å². The molecule has 0 aliphatic heterocycles. The van der Waals surface area contributed by atoms with Crippen LogP contribution in [0.15, 0.2) is 18.2 Å². The predicted molar refractivity (Wildman–Crippen MR) is 57.1 cm³/mol. The molecule has 0 amide bonds. The topological polar surface area (TPSA) is 44.5 Å². The van der Waals surface area contributed by atoms with E-state index in [2.05, 4.69) is 0 Å². The smallest absolute Gasteiger partial charge is 0.410 e. The van der Waals surface area contributed by atoms with Crippen LogP contribution in [-0.4, -0.2) is 20.4 Å². The van der Waals surface area contributed by atoms with Crippen LogP contribution in [0.25, 0.3) is 0 Å². The van der Waals surface area contributed by atoms with Gasteiger partial charge in [0.25, 0.3) is 0 Å². The first-order valence-corrected chi connectivity index (χ1v) is 4.82. The fraction of sp³-hybridized carbons (Fsp3) is 0.455. The lowest BCUT2D eigenvalue weighted by molar-refractivity contribution is -0.184. The Morgan fingerprint density at radius 2 is 1.59 bits per heavy atom. The number of halogens is 3. The Bertz CT molecular complexity index is 402. The summed E-state index contributed by atoms with van der Waals surface area (Å²) in [7, 11) is 2.76. The lowest BCUT2D eigenvalue weighted by Crippen LogP contribution is -2.47. The number of methoxy groups -OCH3 is 2. The quantitative estimate of drug-likeness (QED) is 0.894. The summed E-state index contributed by atoms with van der Waals surface area (Å²) in [6, 6.07) is 3.90. The minimum absolute atomic E-state index is 0.0809. The Balaban J connectivity index is 3.25. The Morgan fingerprint density at radius 1 is 1.06 bits per heavy atom. The highest BCUT2D eigenvalue weighted by molar-refractivity contribution is 5.45. The summed E-state index contributed by atoms with van der Waals surface area (Å²) in [6.07, 6.45) is -4.54. The third-order valence-corrected chi connectivity index (χ3v) is 2.57. The van der Waals surface area contributed by atoms with Crippen LogP contribution in [0.1, 0.15) is 12.5 Å². The first kappa shape index (κ1) is 13.6. The highest BCUT2D eigenvalue weighted by Crippen LogP contribution is 2.39. The third kappa shape index (κ3) is 2.46. The van der Waals surface area contributed by atoms with Gasteiger partial charge in [0.2, 0.25) is 0 Å². The van der Waals surface area contributed by atoms with Crippen molar-refractivity contribution in [1.29, 1.82) is 0 Å². The first-order valence-electron chi connectivity index (χ1n) is 4.82. The van der Waals surface area contributed by atoms with Crippen LogP contribution in [-0.2, 0) is 5.54 Å². The molecule has 0 radical (unpaired) electrons. The van der Waals surface area contributed by atoms with Gasteiger partial charge in [0.1, 0.15) is 5.54 Å². The van der Waals surface area contributed by atoms with Crippen molar-refractivity contribution in [2.45, 2.75) is 18.6 Å². The van der Waals surface area contributed by atoms with Gasteiger partial charge in [-0.25, -0.2) is 0 Å². The molecule has 17 heavy (non-hydrogen) atoms. The lowest BCUT2D eigenvalue weighted by atomic mass is 9.92. The molecule has 0 spiro atoms. The first-order chi connectivity index (χ1) is 7.74. The molecule has 2 N–H and O–H groups in total. The summed E-state index contributed by atoms with van der Waals surface area (Å²) in [5.74, 6) is 0.570. The molecule has 96 valence electrons. The number of alkyl halides is 3. The Morgan fingerprint density at radius 3 is 2.00 bits per heavy atom. The molecule has 1 atom stereocenters. The molecule has 1 aromatic rings. The number of nitrogens with two attached hydrogens (primary N) is 1. The molecular weight excluding hydrogens is 235 g/mol. The van der Waals surface area contributed by atoms with Gasteiger partial charge in [-0.2, -0.15) is 13.2 Å². The van der Waals surface area contributed by atoms with Gasteiger partial charge < -0.3 is 15.2 Å². The van der Waals surface area contributed by atoms with E-state index in [4.69, 9.17) is 15.2 Å². The molecule has 1 rings (SSSR count). The van der Waals surface area contributed by atoms with Gasteiger partial charge in [-0.3, -0.25) is 0 Å². The molecule has 1 aromatic carbocycles. The van der Waals surface area contributed by atoms with E-state index >= 15 is 0 Å². The Kier molecular flexibility index (Phi) is 3.56. The molecule has 0 bridgehead atoms. The van der Waals surface area contributed by atoms with E-state index in [1.165, 1.54) is 32.4 Å². The summed E-state index contributed by atoms with van der Waals surface area (Å²) in [6.45, 7) is 0.911. The second-order valence-corrected chi connectivity index (χ2v) is 3.77. The third-order valence-electron chi connectivity index (χ3n) is 2.57. The highest BCUT2D eigenvalue weighted by Gasteiger charge is 2.49. The van der Waals surface area contributed by atoms with Gasteiger partial charge in [0.05, 0.1) is 14.2 Å². The monoisotopic (exact) mass is 249 g/mol. The molecule has 0 saturated carbocycles. The molecular formula is C11H14F3NO2. The van der Waals surface area contributed by atoms with Gasteiger partial charge in [0.15, 0.2) is 11.5 Å². The van der Waals surface area contributed by atoms with Gasteiger partial charge in [0, 0.05) is 0 Å². The van der Waals surface area contributed by atoms with E-state index in [1.54, 1.807) is 0 Å². The van der Waals surface area contributed by atoms with E-state index in [9.17, 15) is 13.2 Å². The van der Waals surface area contributed by atoms with Crippen molar-refractivity contribution in [3.63, 3.8) is 0 Å². The minimum Gasteiger partial charge on any atom is -0.493 e. The van der Waals surface area contributed by atoms with Crippen LogP contribution >= 0.6 is 0 Å². The second kappa shape index (κ2) is 4.44. The van der Waals surface area contributed by atoms with Crippen molar-refractivity contribution in [2.24, 2.45) is 5.73 Å². The van der Waals surface area contributed by atoms with Crippen LogP contribution in [0.2, 0.25) is 0 Å². The summed E-state index contributed by atoms with van der Waals surface area (Å²) in [5, 5.41) is 0. The van der Waals surface area contributed by atoms with Gasteiger partial charge in [-0.1, -0.05) is 6.07 Å². The number of hydrogen-bond acceptors (Lipinski definition) is 3. The standard InChI is InChI=1S/C11H14F3NO2/c1-10(15,11(12,13)14)7-4-5-8(16-2)9(6-7)17-3/h4-6H,15H2,1-3H3.